The number of benzene rings is 3. The fourth-order valence-corrected chi connectivity index (χ4v) is 4.43. The fraction of sp³-hybridized carbons (Fsp3) is 0.276. The van der Waals surface area contributed by atoms with Gasteiger partial charge in [-0.2, -0.15) is 5.10 Å². The van der Waals surface area contributed by atoms with Crippen LogP contribution in [0.4, 0.5) is 11.4 Å². The van der Waals surface area contributed by atoms with Crippen LogP contribution in [0.2, 0.25) is 0 Å². The third kappa shape index (κ3) is 4.95. The lowest BCUT2D eigenvalue weighted by molar-refractivity contribution is 0.414. The minimum absolute atomic E-state index is 0.128. The number of hydrogen-bond acceptors (Lipinski definition) is 4. The van der Waals surface area contributed by atoms with Crippen LogP contribution in [0.5, 0.6) is 5.75 Å². The predicted octanol–water partition coefficient (Wildman–Crippen LogP) is 6.81. The van der Waals surface area contributed by atoms with Crippen LogP contribution in [0.1, 0.15) is 37.9 Å². The highest BCUT2D eigenvalue weighted by Gasteiger charge is 2.35. The van der Waals surface area contributed by atoms with Gasteiger partial charge in [0.1, 0.15) is 5.75 Å². The van der Waals surface area contributed by atoms with Crippen LogP contribution < -0.4 is 14.6 Å². The van der Waals surface area contributed by atoms with Crippen molar-refractivity contribution in [2.24, 2.45) is 11.0 Å². The molecule has 0 saturated heterocycles. The van der Waals surface area contributed by atoms with E-state index < -0.39 is 0 Å². The van der Waals surface area contributed by atoms with Gasteiger partial charge in [-0.25, -0.2) is 0 Å². The second-order valence-electron chi connectivity index (χ2n) is 8.31. The molecule has 3 aromatic rings. The Kier molecular flexibility index (Phi) is 7.13. The maximum atomic E-state index is 5.36. The summed E-state index contributed by atoms with van der Waals surface area (Å²) in [7, 11) is 1.70. The number of hydrogen-bond donors (Lipinski definition) is 0. The summed E-state index contributed by atoms with van der Waals surface area (Å²) in [6, 6.07) is 27.6. The molecular weight excluding hydrogens is 406 g/mol. The predicted molar refractivity (Wildman–Crippen MR) is 140 cm³/mol. The molecular formula is C29H33N3O. The highest BCUT2D eigenvalue weighted by atomic mass is 16.5. The van der Waals surface area contributed by atoms with Gasteiger partial charge in [0.2, 0.25) is 0 Å². The zero-order valence-electron chi connectivity index (χ0n) is 20.0. The van der Waals surface area contributed by atoms with Gasteiger partial charge in [-0.05, 0) is 67.4 Å². The molecule has 1 aliphatic heterocycles. The summed E-state index contributed by atoms with van der Waals surface area (Å²) in [5.41, 5.74) is 5.84. The van der Waals surface area contributed by atoms with Crippen molar-refractivity contribution in [1.29, 1.82) is 0 Å². The number of allylic oxidation sites excluding steroid dienone is 1. The van der Waals surface area contributed by atoms with Crippen LogP contribution in [-0.4, -0.2) is 25.9 Å². The van der Waals surface area contributed by atoms with E-state index in [0.717, 1.165) is 30.2 Å². The summed E-state index contributed by atoms with van der Waals surface area (Å²) in [4.78, 5) is 2.35. The molecule has 0 radical (unpaired) electrons. The molecule has 0 spiro atoms. The molecule has 0 N–H and O–H groups in total. The second kappa shape index (κ2) is 10.4. The first-order chi connectivity index (χ1) is 16.1. The van der Waals surface area contributed by atoms with Crippen molar-refractivity contribution in [2.45, 2.75) is 26.8 Å². The van der Waals surface area contributed by atoms with E-state index in [0.29, 0.717) is 0 Å². The van der Waals surface area contributed by atoms with Gasteiger partial charge in [0.25, 0.3) is 0 Å². The molecule has 170 valence electrons. The van der Waals surface area contributed by atoms with Crippen molar-refractivity contribution in [1.82, 2.24) is 0 Å². The molecule has 3 aromatic carbocycles. The molecule has 4 rings (SSSR count). The highest BCUT2D eigenvalue weighted by molar-refractivity contribution is 6.02. The molecule has 0 aliphatic carbocycles. The number of ether oxygens (including phenoxy) is 1. The van der Waals surface area contributed by atoms with Gasteiger partial charge < -0.3 is 9.64 Å². The number of anilines is 2. The number of methoxy groups -OCH3 is 1. The van der Waals surface area contributed by atoms with Crippen molar-refractivity contribution in [3.8, 4) is 5.75 Å². The molecule has 0 amide bonds. The zero-order chi connectivity index (χ0) is 23.2. The fourth-order valence-electron chi connectivity index (χ4n) is 4.43. The van der Waals surface area contributed by atoms with E-state index in [1.54, 1.807) is 7.11 Å². The smallest absolute Gasteiger partial charge is 0.118 e. The maximum Gasteiger partial charge on any atom is 0.118 e. The van der Waals surface area contributed by atoms with Crippen LogP contribution in [0.25, 0.3) is 6.08 Å². The summed E-state index contributed by atoms with van der Waals surface area (Å²) in [5, 5.41) is 7.20. The van der Waals surface area contributed by atoms with Gasteiger partial charge >= 0.3 is 0 Å². The number of rotatable bonds is 8. The summed E-state index contributed by atoms with van der Waals surface area (Å²) in [6.07, 6.45) is 4.33. The van der Waals surface area contributed by atoms with Crippen LogP contribution >= 0.6 is 0 Å². The minimum atomic E-state index is 0.128. The van der Waals surface area contributed by atoms with Crippen LogP contribution in [-0.2, 0) is 0 Å². The lowest BCUT2D eigenvalue weighted by atomic mass is 9.91. The van der Waals surface area contributed by atoms with E-state index in [1.165, 1.54) is 16.8 Å². The van der Waals surface area contributed by atoms with E-state index in [9.17, 15) is 0 Å². The largest absolute Gasteiger partial charge is 0.497 e. The Balaban J connectivity index is 1.61. The molecule has 0 aromatic heterocycles. The van der Waals surface area contributed by atoms with Gasteiger partial charge in [0, 0.05) is 24.7 Å². The van der Waals surface area contributed by atoms with Crippen molar-refractivity contribution >= 4 is 23.2 Å². The van der Waals surface area contributed by atoms with E-state index in [4.69, 9.17) is 9.84 Å². The van der Waals surface area contributed by atoms with Crippen molar-refractivity contribution in [3.05, 3.63) is 96.1 Å². The van der Waals surface area contributed by atoms with Crippen molar-refractivity contribution in [2.75, 3.05) is 30.1 Å². The van der Waals surface area contributed by atoms with Gasteiger partial charge in [-0.3, -0.25) is 5.01 Å². The first kappa shape index (κ1) is 22.7. The molecule has 4 nitrogen and oxygen atoms in total. The monoisotopic (exact) mass is 439 g/mol. The Morgan fingerprint density at radius 1 is 0.879 bits per heavy atom. The third-order valence-electron chi connectivity index (χ3n) is 6.37. The molecule has 0 saturated carbocycles. The van der Waals surface area contributed by atoms with Gasteiger partial charge in [0.05, 0.1) is 24.6 Å². The van der Waals surface area contributed by atoms with E-state index >= 15 is 0 Å². The quantitative estimate of drug-likeness (QED) is 0.386. The topological polar surface area (TPSA) is 28.1 Å². The van der Waals surface area contributed by atoms with E-state index in [2.05, 4.69) is 103 Å². The molecule has 0 fully saturated rings. The number of nitrogens with zero attached hydrogens (tertiary/aromatic N) is 3. The Morgan fingerprint density at radius 2 is 1.55 bits per heavy atom. The lowest BCUT2D eigenvalue weighted by Gasteiger charge is -2.27. The molecule has 1 heterocycles. The first-order valence-corrected chi connectivity index (χ1v) is 11.7. The van der Waals surface area contributed by atoms with Gasteiger partial charge in [-0.15, -0.1) is 0 Å². The molecule has 0 bridgehead atoms. The Morgan fingerprint density at radius 3 is 2.15 bits per heavy atom. The standard InChI is InChI=1S/C29H33N3O/c1-5-31(6-2)25-17-12-23(13-18-25)14-21-28-22(3)29(24-15-19-27(33-4)20-16-24)32(30-28)26-10-8-7-9-11-26/h7-22,29H,5-6H2,1-4H3. The van der Waals surface area contributed by atoms with E-state index in [-0.39, 0.29) is 12.0 Å². The lowest BCUT2D eigenvalue weighted by Crippen LogP contribution is -2.23. The first-order valence-electron chi connectivity index (χ1n) is 11.7. The SMILES string of the molecule is CCN(CC)c1ccc(C=CC2=NN(c3ccccc3)C(c3ccc(OC)cc3)C2C)cc1. The van der Waals surface area contributed by atoms with Crippen LogP contribution in [0.3, 0.4) is 0 Å². The average molecular weight is 440 g/mol. The normalized spacial score (nSPS) is 17.9. The summed E-state index contributed by atoms with van der Waals surface area (Å²) in [6.45, 7) is 8.66. The average Bonchev–Trinajstić information content (AvgIpc) is 3.21. The third-order valence-corrected chi connectivity index (χ3v) is 6.37. The Bertz CT molecular complexity index is 1080. The van der Waals surface area contributed by atoms with Gasteiger partial charge in [0.15, 0.2) is 0 Å². The zero-order valence-corrected chi connectivity index (χ0v) is 20.0. The summed E-state index contributed by atoms with van der Waals surface area (Å²) < 4.78 is 5.36. The van der Waals surface area contributed by atoms with Crippen molar-refractivity contribution < 1.29 is 4.74 Å². The molecule has 2 unspecified atom stereocenters. The van der Waals surface area contributed by atoms with Crippen LogP contribution in [0, 0.1) is 5.92 Å². The Hall–Kier alpha value is -3.53. The molecule has 1 aliphatic rings. The number of para-hydroxylation sites is 1. The maximum absolute atomic E-state index is 5.36. The second-order valence-corrected chi connectivity index (χ2v) is 8.31. The molecule has 4 heteroatoms. The summed E-state index contributed by atoms with van der Waals surface area (Å²) >= 11 is 0. The summed E-state index contributed by atoms with van der Waals surface area (Å²) in [5.74, 6) is 1.11. The Labute approximate surface area is 197 Å². The molecule has 2 atom stereocenters. The van der Waals surface area contributed by atoms with Gasteiger partial charge in [-0.1, -0.05) is 55.5 Å². The van der Waals surface area contributed by atoms with E-state index in [1.807, 2.05) is 18.2 Å². The molecule has 33 heavy (non-hydrogen) atoms. The van der Waals surface area contributed by atoms with Crippen molar-refractivity contribution in [3.63, 3.8) is 0 Å². The minimum Gasteiger partial charge on any atom is -0.497 e. The van der Waals surface area contributed by atoms with Crippen LogP contribution in [0.15, 0.2) is 90.0 Å². The highest BCUT2D eigenvalue weighted by Crippen LogP contribution is 2.39. The number of hydrazone groups is 1.